The Kier molecular flexibility index (Phi) is 5.67. The molecule has 2 rings (SSSR count). The van der Waals surface area contributed by atoms with Crippen LogP contribution in [0.5, 0.6) is 5.75 Å². The summed E-state index contributed by atoms with van der Waals surface area (Å²) in [5.74, 6) is 7.34. The normalized spacial score (nSPS) is 18.3. The van der Waals surface area contributed by atoms with Crippen molar-refractivity contribution in [1.82, 2.24) is 5.43 Å². The van der Waals surface area contributed by atoms with E-state index in [9.17, 15) is 0 Å². The zero-order valence-corrected chi connectivity index (χ0v) is 13.1. The molecule has 3 N–H and O–H groups in total. The minimum Gasteiger partial charge on any atom is -0.496 e. The first-order valence-electron chi connectivity index (χ1n) is 7.03. The fourth-order valence-corrected chi connectivity index (χ4v) is 3.58. The fourth-order valence-electron chi connectivity index (χ4n) is 2.99. The van der Waals surface area contributed by atoms with Gasteiger partial charge >= 0.3 is 0 Å². The predicted octanol–water partition coefficient (Wildman–Crippen LogP) is 3.41. The van der Waals surface area contributed by atoms with E-state index in [4.69, 9.17) is 10.6 Å². The summed E-state index contributed by atoms with van der Waals surface area (Å²) in [6.07, 6.45) is 7.63. The summed E-state index contributed by atoms with van der Waals surface area (Å²) in [6, 6.07) is 6.64. The van der Waals surface area contributed by atoms with Crippen molar-refractivity contribution in [1.29, 1.82) is 0 Å². The van der Waals surface area contributed by atoms with Gasteiger partial charge in [-0.1, -0.05) is 25.3 Å². The molecule has 0 saturated heterocycles. The topological polar surface area (TPSA) is 47.3 Å². The standard InChI is InChI=1S/C15H23BrN2O/c1-19-15-8-7-11(9-13(15)16)10-14(18-17)12-5-3-2-4-6-12/h7-9,12,14,18H,2-6,10,17H2,1H3. The molecule has 1 saturated carbocycles. The maximum Gasteiger partial charge on any atom is 0.133 e. The van der Waals surface area contributed by atoms with Crippen LogP contribution in [-0.2, 0) is 6.42 Å². The van der Waals surface area contributed by atoms with E-state index >= 15 is 0 Å². The zero-order valence-electron chi connectivity index (χ0n) is 11.5. The van der Waals surface area contributed by atoms with Gasteiger partial charge in [-0.2, -0.15) is 0 Å². The summed E-state index contributed by atoms with van der Waals surface area (Å²) < 4.78 is 6.27. The SMILES string of the molecule is COc1ccc(CC(NN)C2CCCCC2)cc1Br. The van der Waals surface area contributed by atoms with Crippen LogP contribution in [0.25, 0.3) is 0 Å². The molecule has 1 fully saturated rings. The fraction of sp³-hybridized carbons (Fsp3) is 0.600. The van der Waals surface area contributed by atoms with Crippen molar-refractivity contribution in [3.8, 4) is 5.75 Å². The number of hydrazine groups is 1. The van der Waals surface area contributed by atoms with Crippen LogP contribution < -0.4 is 16.0 Å². The zero-order chi connectivity index (χ0) is 13.7. The summed E-state index contributed by atoms with van der Waals surface area (Å²) in [7, 11) is 1.69. The van der Waals surface area contributed by atoms with Gasteiger partial charge in [0.15, 0.2) is 0 Å². The van der Waals surface area contributed by atoms with E-state index in [-0.39, 0.29) is 0 Å². The van der Waals surface area contributed by atoms with Gasteiger partial charge in [0.05, 0.1) is 11.6 Å². The molecule has 4 heteroatoms. The lowest BCUT2D eigenvalue weighted by molar-refractivity contribution is 0.268. The van der Waals surface area contributed by atoms with Gasteiger partial charge in [-0.15, -0.1) is 0 Å². The number of hydrogen-bond donors (Lipinski definition) is 2. The Labute approximate surface area is 124 Å². The minimum atomic E-state index is 0.376. The van der Waals surface area contributed by atoms with Crippen molar-refractivity contribution >= 4 is 15.9 Å². The minimum absolute atomic E-state index is 0.376. The van der Waals surface area contributed by atoms with Crippen LogP contribution in [0.3, 0.4) is 0 Å². The van der Waals surface area contributed by atoms with Gasteiger partial charge in [-0.3, -0.25) is 11.3 Å². The molecule has 0 aromatic heterocycles. The molecule has 0 heterocycles. The highest BCUT2D eigenvalue weighted by molar-refractivity contribution is 9.10. The third-order valence-electron chi connectivity index (χ3n) is 4.10. The third kappa shape index (κ3) is 3.94. The molecule has 1 unspecified atom stereocenters. The van der Waals surface area contributed by atoms with Crippen molar-refractivity contribution in [2.45, 2.75) is 44.6 Å². The van der Waals surface area contributed by atoms with Crippen LogP contribution in [0, 0.1) is 5.92 Å². The van der Waals surface area contributed by atoms with E-state index in [1.807, 2.05) is 6.07 Å². The molecule has 0 spiro atoms. The summed E-state index contributed by atoms with van der Waals surface area (Å²) in [5.41, 5.74) is 4.31. The van der Waals surface area contributed by atoms with Crippen LogP contribution in [0.2, 0.25) is 0 Å². The lowest BCUT2D eigenvalue weighted by atomic mass is 9.82. The molecular weight excluding hydrogens is 304 g/mol. The molecule has 3 nitrogen and oxygen atoms in total. The number of nitrogens with one attached hydrogen (secondary N) is 1. The lowest BCUT2D eigenvalue weighted by Crippen LogP contribution is -2.43. The third-order valence-corrected chi connectivity index (χ3v) is 4.72. The van der Waals surface area contributed by atoms with Gasteiger partial charge in [0.2, 0.25) is 0 Å². The highest BCUT2D eigenvalue weighted by Crippen LogP contribution is 2.30. The Hall–Kier alpha value is -0.580. The Balaban J connectivity index is 2.03. The lowest BCUT2D eigenvalue weighted by Gasteiger charge is -2.30. The summed E-state index contributed by atoms with van der Waals surface area (Å²) in [6.45, 7) is 0. The number of methoxy groups -OCH3 is 1. The maximum atomic E-state index is 5.76. The number of halogens is 1. The van der Waals surface area contributed by atoms with Crippen molar-refractivity contribution in [3.05, 3.63) is 28.2 Å². The van der Waals surface area contributed by atoms with Gasteiger partial charge in [-0.25, -0.2) is 0 Å². The van der Waals surface area contributed by atoms with E-state index in [2.05, 4.69) is 33.5 Å². The summed E-state index contributed by atoms with van der Waals surface area (Å²) in [5, 5.41) is 0. The predicted molar refractivity (Wildman–Crippen MR) is 82.1 cm³/mol. The highest BCUT2D eigenvalue weighted by atomic mass is 79.9. The molecule has 0 amide bonds. The Bertz CT molecular complexity index is 405. The smallest absolute Gasteiger partial charge is 0.133 e. The van der Waals surface area contributed by atoms with Crippen molar-refractivity contribution in [2.75, 3.05) is 7.11 Å². The van der Waals surface area contributed by atoms with Crippen LogP contribution >= 0.6 is 15.9 Å². The van der Waals surface area contributed by atoms with Gasteiger partial charge in [0.25, 0.3) is 0 Å². The van der Waals surface area contributed by atoms with Gasteiger partial charge in [-0.05, 0) is 58.8 Å². The van der Waals surface area contributed by atoms with E-state index < -0.39 is 0 Å². The van der Waals surface area contributed by atoms with Crippen LogP contribution in [0.15, 0.2) is 22.7 Å². The van der Waals surface area contributed by atoms with Crippen LogP contribution in [0.1, 0.15) is 37.7 Å². The molecule has 1 aromatic rings. The number of hydrogen-bond acceptors (Lipinski definition) is 3. The average molecular weight is 327 g/mol. The van der Waals surface area contributed by atoms with E-state index in [0.717, 1.165) is 16.6 Å². The van der Waals surface area contributed by atoms with Crippen molar-refractivity contribution < 1.29 is 4.74 Å². The van der Waals surface area contributed by atoms with Gasteiger partial charge < -0.3 is 4.74 Å². The van der Waals surface area contributed by atoms with Crippen LogP contribution in [0.4, 0.5) is 0 Å². The average Bonchev–Trinajstić information content (AvgIpc) is 2.46. The first-order valence-corrected chi connectivity index (χ1v) is 7.82. The molecule has 1 aromatic carbocycles. The van der Waals surface area contributed by atoms with E-state index in [0.29, 0.717) is 12.0 Å². The first-order chi connectivity index (χ1) is 9.24. The quantitative estimate of drug-likeness (QED) is 0.643. The second-order valence-corrected chi connectivity index (χ2v) is 6.20. The molecule has 106 valence electrons. The summed E-state index contributed by atoms with van der Waals surface area (Å²) >= 11 is 3.54. The molecule has 1 atom stereocenters. The van der Waals surface area contributed by atoms with Crippen LogP contribution in [-0.4, -0.2) is 13.2 Å². The maximum absolute atomic E-state index is 5.76. The molecule has 0 bridgehead atoms. The largest absolute Gasteiger partial charge is 0.496 e. The van der Waals surface area contributed by atoms with Crippen molar-refractivity contribution in [2.24, 2.45) is 11.8 Å². The monoisotopic (exact) mass is 326 g/mol. The molecule has 1 aliphatic carbocycles. The van der Waals surface area contributed by atoms with E-state index in [1.54, 1.807) is 7.11 Å². The van der Waals surface area contributed by atoms with Gasteiger partial charge in [0.1, 0.15) is 5.75 Å². The number of nitrogens with two attached hydrogens (primary N) is 1. The van der Waals surface area contributed by atoms with Gasteiger partial charge in [0, 0.05) is 6.04 Å². The molecule has 1 aliphatic rings. The second kappa shape index (κ2) is 7.27. The Morgan fingerprint density at radius 1 is 1.37 bits per heavy atom. The Morgan fingerprint density at radius 3 is 2.68 bits per heavy atom. The van der Waals surface area contributed by atoms with E-state index in [1.165, 1.54) is 37.7 Å². The summed E-state index contributed by atoms with van der Waals surface area (Å²) in [4.78, 5) is 0. The number of benzene rings is 1. The molecule has 19 heavy (non-hydrogen) atoms. The molecule has 0 aliphatic heterocycles. The highest BCUT2D eigenvalue weighted by Gasteiger charge is 2.23. The number of ether oxygens (including phenoxy) is 1. The molecule has 0 radical (unpaired) electrons. The Morgan fingerprint density at radius 2 is 2.11 bits per heavy atom. The van der Waals surface area contributed by atoms with Crippen molar-refractivity contribution in [3.63, 3.8) is 0 Å². The second-order valence-electron chi connectivity index (χ2n) is 5.34. The number of rotatable bonds is 5. The first kappa shape index (κ1) is 14.8. The molecular formula is C15H23BrN2O.